The van der Waals surface area contributed by atoms with Gasteiger partial charge in [0.2, 0.25) is 17.8 Å². The smallest absolute Gasteiger partial charge is 0.244 e. The Morgan fingerprint density at radius 3 is 2.60 bits per heavy atom. The van der Waals surface area contributed by atoms with Crippen molar-refractivity contribution in [2.45, 2.75) is 25.8 Å². The highest BCUT2D eigenvalue weighted by Gasteiger charge is 2.30. The van der Waals surface area contributed by atoms with Crippen molar-refractivity contribution in [3.63, 3.8) is 0 Å². The van der Waals surface area contributed by atoms with Crippen molar-refractivity contribution in [1.82, 2.24) is 30.1 Å². The van der Waals surface area contributed by atoms with E-state index in [0.717, 1.165) is 65.5 Å². The first-order valence-electron chi connectivity index (χ1n) is 14.2. The number of hydrogen-bond acceptors (Lipinski definition) is 9. The molecule has 5 rings (SSSR count). The zero-order valence-corrected chi connectivity index (χ0v) is 24.6. The quantitative estimate of drug-likeness (QED) is 0.337. The summed E-state index contributed by atoms with van der Waals surface area (Å²) in [7, 11) is 5.34. The van der Waals surface area contributed by atoms with Crippen molar-refractivity contribution >= 4 is 34.7 Å². The Kier molecular flexibility index (Phi) is 9.21. The highest BCUT2D eigenvalue weighted by Crippen LogP contribution is 2.37. The number of carbonyl (C=O) groups excluding carboxylic acids is 2. The van der Waals surface area contributed by atoms with Crippen LogP contribution in [0.4, 0.5) is 17.3 Å². The van der Waals surface area contributed by atoms with Gasteiger partial charge in [0.25, 0.3) is 0 Å². The maximum absolute atomic E-state index is 13.5. The average molecular weight is 571 g/mol. The molecule has 3 N–H and O–H groups in total. The molecule has 0 bridgehead atoms. The molecule has 2 aromatic heterocycles. The van der Waals surface area contributed by atoms with Crippen LogP contribution in [0.15, 0.2) is 48.8 Å². The lowest BCUT2D eigenvalue weighted by Gasteiger charge is -2.36. The normalized spacial score (nSPS) is 16.0. The van der Waals surface area contributed by atoms with E-state index >= 15 is 0 Å². The van der Waals surface area contributed by atoms with E-state index in [1.165, 1.54) is 0 Å². The van der Waals surface area contributed by atoms with Crippen molar-refractivity contribution in [2.24, 2.45) is 0 Å². The summed E-state index contributed by atoms with van der Waals surface area (Å²) in [5, 5.41) is 9.02. The number of benzene rings is 1. The SMILES string of the molecule is CNC(=O)Cc1ccc(Nc2ncc(C)c(C3=CCc4c(NC(=O)[C@@H](COC)N5CCN(C)CC5)cccc43)n2)cn1. The predicted octanol–water partition coefficient (Wildman–Crippen LogP) is 2.40. The molecule has 220 valence electrons. The molecule has 3 heterocycles. The summed E-state index contributed by atoms with van der Waals surface area (Å²) in [6, 6.07) is 9.31. The lowest BCUT2D eigenvalue weighted by atomic mass is 9.99. The van der Waals surface area contributed by atoms with Gasteiger partial charge in [0.05, 0.1) is 30.6 Å². The average Bonchev–Trinajstić information content (AvgIpc) is 3.43. The Labute approximate surface area is 246 Å². The number of aromatic nitrogens is 3. The number of methoxy groups -OCH3 is 1. The summed E-state index contributed by atoms with van der Waals surface area (Å²) < 4.78 is 5.44. The largest absolute Gasteiger partial charge is 0.383 e. The van der Waals surface area contributed by atoms with E-state index in [4.69, 9.17) is 9.72 Å². The third-order valence-electron chi connectivity index (χ3n) is 7.77. The van der Waals surface area contributed by atoms with Gasteiger partial charge in [-0.25, -0.2) is 9.97 Å². The number of rotatable bonds is 10. The van der Waals surface area contributed by atoms with Gasteiger partial charge < -0.3 is 25.6 Å². The molecule has 1 fully saturated rings. The number of carbonyl (C=O) groups is 2. The fourth-order valence-corrected chi connectivity index (χ4v) is 5.33. The maximum Gasteiger partial charge on any atom is 0.244 e. The van der Waals surface area contributed by atoms with Crippen molar-refractivity contribution in [3.8, 4) is 0 Å². The molecule has 1 aliphatic heterocycles. The molecule has 2 amide bonds. The minimum atomic E-state index is -0.349. The van der Waals surface area contributed by atoms with Crippen molar-refractivity contribution in [2.75, 3.05) is 64.6 Å². The maximum atomic E-state index is 13.5. The van der Waals surface area contributed by atoms with Gasteiger partial charge in [0, 0.05) is 63.5 Å². The van der Waals surface area contributed by atoms with Crippen LogP contribution in [0, 0.1) is 6.92 Å². The molecule has 0 saturated carbocycles. The van der Waals surface area contributed by atoms with Crippen molar-refractivity contribution in [3.05, 3.63) is 76.9 Å². The number of allylic oxidation sites excluding steroid dienone is 1. The van der Waals surface area contributed by atoms with E-state index in [2.05, 4.69) is 54.9 Å². The van der Waals surface area contributed by atoms with Gasteiger partial charge in [0.15, 0.2) is 0 Å². The lowest BCUT2D eigenvalue weighted by Crippen LogP contribution is -2.54. The number of anilines is 3. The fourth-order valence-electron chi connectivity index (χ4n) is 5.33. The van der Waals surface area contributed by atoms with Crippen LogP contribution in [0.5, 0.6) is 0 Å². The second-order valence-corrected chi connectivity index (χ2v) is 10.7. The molecule has 1 aromatic carbocycles. The zero-order valence-electron chi connectivity index (χ0n) is 24.6. The van der Waals surface area contributed by atoms with Crippen molar-refractivity contribution in [1.29, 1.82) is 0 Å². The van der Waals surface area contributed by atoms with Crippen LogP contribution in [0.2, 0.25) is 0 Å². The number of amides is 2. The molecule has 1 aliphatic carbocycles. The molecule has 42 heavy (non-hydrogen) atoms. The molecule has 1 saturated heterocycles. The third-order valence-corrected chi connectivity index (χ3v) is 7.77. The number of hydrogen-bond donors (Lipinski definition) is 3. The standard InChI is InChI=1S/C31H38N8O3/c1-20-17-34-31(35-22-9-8-21(33-18-22)16-28(40)32-2)37-29(20)25-11-10-24-23(25)6-5-7-26(24)36-30(41)27(19-42-4)39-14-12-38(3)13-15-39/h5-9,11,17-18,27H,10,12-16,19H2,1-4H3,(H,32,40)(H,36,41)(H,34,35,37)/t27-/m1/s1. The molecular formula is C31H38N8O3. The number of nitrogens with one attached hydrogen (secondary N) is 3. The van der Waals surface area contributed by atoms with E-state index in [-0.39, 0.29) is 24.3 Å². The number of fused-ring (bicyclic) bond motifs is 1. The molecular weight excluding hydrogens is 532 g/mol. The molecule has 2 aliphatic rings. The Morgan fingerprint density at radius 1 is 1.07 bits per heavy atom. The fraction of sp³-hybridized carbons (Fsp3) is 0.387. The first kappa shape index (κ1) is 29.3. The number of aryl methyl sites for hydroxylation is 1. The van der Waals surface area contributed by atoms with Gasteiger partial charge in [-0.1, -0.05) is 18.2 Å². The molecule has 3 aromatic rings. The molecule has 0 radical (unpaired) electrons. The van der Waals surface area contributed by atoms with Crippen LogP contribution < -0.4 is 16.0 Å². The number of likely N-dealkylation sites (N-methyl/N-ethyl adjacent to an activating group) is 2. The number of piperazine rings is 1. The number of ether oxygens (including phenoxy) is 1. The van der Waals surface area contributed by atoms with Crippen LogP contribution in [-0.4, -0.2) is 96.6 Å². The molecule has 0 spiro atoms. The summed E-state index contributed by atoms with van der Waals surface area (Å²) in [5.74, 6) is 0.306. The van der Waals surface area contributed by atoms with Gasteiger partial charge in [-0.3, -0.25) is 19.5 Å². The second kappa shape index (κ2) is 13.2. The summed E-state index contributed by atoms with van der Waals surface area (Å²) in [4.78, 5) is 43.3. The van der Waals surface area contributed by atoms with Gasteiger partial charge in [-0.05, 0) is 55.3 Å². The van der Waals surface area contributed by atoms with Crippen LogP contribution in [0.1, 0.15) is 28.1 Å². The summed E-state index contributed by atoms with van der Waals surface area (Å²) in [6.45, 7) is 5.85. The molecule has 1 atom stereocenters. The topological polar surface area (TPSA) is 125 Å². The van der Waals surface area contributed by atoms with Crippen LogP contribution in [0.3, 0.4) is 0 Å². The minimum Gasteiger partial charge on any atom is -0.383 e. The van der Waals surface area contributed by atoms with E-state index in [1.54, 1.807) is 32.6 Å². The monoisotopic (exact) mass is 570 g/mol. The van der Waals surface area contributed by atoms with Crippen LogP contribution in [-0.2, 0) is 27.2 Å². The van der Waals surface area contributed by atoms with Crippen LogP contribution >= 0.6 is 0 Å². The van der Waals surface area contributed by atoms with Crippen molar-refractivity contribution < 1.29 is 14.3 Å². The Balaban J connectivity index is 1.32. The first-order valence-corrected chi connectivity index (χ1v) is 14.2. The van der Waals surface area contributed by atoms with E-state index < -0.39 is 0 Å². The van der Waals surface area contributed by atoms with Gasteiger partial charge in [0.1, 0.15) is 6.04 Å². The highest BCUT2D eigenvalue weighted by atomic mass is 16.5. The lowest BCUT2D eigenvalue weighted by molar-refractivity contribution is -0.124. The Bertz CT molecular complexity index is 1470. The van der Waals surface area contributed by atoms with Crippen LogP contribution in [0.25, 0.3) is 5.57 Å². The third kappa shape index (κ3) is 6.64. The first-order chi connectivity index (χ1) is 20.4. The minimum absolute atomic E-state index is 0.0529. The zero-order chi connectivity index (χ0) is 29.6. The summed E-state index contributed by atoms with van der Waals surface area (Å²) in [5.41, 5.74) is 7.11. The second-order valence-electron chi connectivity index (χ2n) is 10.7. The van der Waals surface area contributed by atoms with Gasteiger partial charge in [-0.2, -0.15) is 0 Å². The van der Waals surface area contributed by atoms with E-state index in [1.807, 2.05) is 25.1 Å². The molecule has 11 heteroatoms. The number of nitrogens with zero attached hydrogens (tertiary/aromatic N) is 5. The Hall–Kier alpha value is -4.19. The summed E-state index contributed by atoms with van der Waals surface area (Å²) in [6.07, 6.45) is 6.53. The molecule has 0 unspecified atom stereocenters. The molecule has 11 nitrogen and oxygen atoms in total. The predicted molar refractivity (Wildman–Crippen MR) is 163 cm³/mol. The van der Waals surface area contributed by atoms with Gasteiger partial charge in [-0.15, -0.1) is 0 Å². The van der Waals surface area contributed by atoms with Gasteiger partial charge >= 0.3 is 0 Å². The van der Waals surface area contributed by atoms with E-state index in [0.29, 0.717) is 24.7 Å². The highest BCUT2D eigenvalue weighted by molar-refractivity contribution is 5.97. The number of pyridine rings is 1. The summed E-state index contributed by atoms with van der Waals surface area (Å²) >= 11 is 0. The Morgan fingerprint density at radius 2 is 1.88 bits per heavy atom. The van der Waals surface area contributed by atoms with E-state index in [9.17, 15) is 9.59 Å².